The van der Waals surface area contributed by atoms with Gasteiger partial charge in [0, 0.05) is 49.7 Å². The summed E-state index contributed by atoms with van der Waals surface area (Å²) in [5.74, 6) is 0. The van der Waals surface area contributed by atoms with Gasteiger partial charge in [-0.05, 0) is 101 Å². The predicted octanol–water partition coefficient (Wildman–Crippen LogP) is 14.2. The van der Waals surface area contributed by atoms with Gasteiger partial charge in [-0.25, -0.2) is 0 Å². The summed E-state index contributed by atoms with van der Waals surface area (Å²) in [5.41, 5.74) is 12.9. The van der Waals surface area contributed by atoms with Crippen LogP contribution in [-0.4, -0.2) is 9.13 Å². The molecular weight excluding hydrogens is 667 g/mol. The molecule has 0 N–H and O–H groups in total. The van der Waals surface area contributed by atoms with Crippen LogP contribution in [0.15, 0.2) is 212 Å². The van der Waals surface area contributed by atoms with E-state index in [9.17, 15) is 0 Å². The summed E-state index contributed by atoms with van der Waals surface area (Å²) in [6, 6.07) is 76.9. The van der Waals surface area contributed by atoms with Gasteiger partial charge in [0.25, 0.3) is 0 Å². The molecule has 2 heterocycles. The first-order chi connectivity index (χ1) is 27.3. The van der Waals surface area contributed by atoms with E-state index in [1.54, 1.807) is 0 Å². The van der Waals surface area contributed by atoms with E-state index in [2.05, 4.69) is 226 Å². The number of anilines is 3. The molecule has 0 saturated carbocycles. The number of nitrogens with zero attached hydrogens (tertiary/aromatic N) is 3. The van der Waals surface area contributed by atoms with Crippen LogP contribution in [0, 0.1) is 0 Å². The number of para-hydroxylation sites is 4. The molecule has 3 heteroatoms. The molecule has 0 spiro atoms. The number of aromatic nitrogens is 2. The number of rotatable bonds is 6. The molecule has 0 saturated heterocycles. The highest BCUT2D eigenvalue weighted by Gasteiger charge is 2.18. The van der Waals surface area contributed by atoms with Crippen molar-refractivity contribution in [3.05, 3.63) is 212 Å². The molecule has 258 valence electrons. The number of benzene rings is 9. The SMILES string of the molecule is c1ccc(-n2c3ccccc3c3cc(-c4ccc(N(c5ccc(-n6c7ccccc7c7ccccc76)cc5)c5cccc6ccccc56)cc4)ccc32)cc1. The van der Waals surface area contributed by atoms with Gasteiger partial charge in [-0.15, -0.1) is 0 Å². The van der Waals surface area contributed by atoms with Gasteiger partial charge in [0.05, 0.1) is 27.8 Å². The molecule has 55 heavy (non-hydrogen) atoms. The second-order valence-corrected chi connectivity index (χ2v) is 14.2. The Bertz CT molecular complexity index is 3130. The third-order valence-electron chi connectivity index (χ3n) is 11.1. The summed E-state index contributed by atoms with van der Waals surface area (Å²) < 4.78 is 4.74. The van der Waals surface area contributed by atoms with Gasteiger partial charge < -0.3 is 14.0 Å². The van der Waals surface area contributed by atoms with Gasteiger partial charge in [0.2, 0.25) is 0 Å². The van der Waals surface area contributed by atoms with E-state index in [-0.39, 0.29) is 0 Å². The maximum Gasteiger partial charge on any atom is 0.0541 e. The normalized spacial score (nSPS) is 11.6. The average Bonchev–Trinajstić information content (AvgIpc) is 3.77. The molecule has 0 bridgehead atoms. The van der Waals surface area contributed by atoms with Crippen molar-refractivity contribution in [3.63, 3.8) is 0 Å². The Morgan fingerprint density at radius 1 is 0.291 bits per heavy atom. The molecule has 11 aromatic rings. The highest BCUT2D eigenvalue weighted by Crippen LogP contribution is 2.41. The molecule has 0 radical (unpaired) electrons. The largest absolute Gasteiger partial charge is 0.310 e. The topological polar surface area (TPSA) is 13.1 Å². The summed E-state index contributed by atoms with van der Waals surface area (Å²) in [5, 5.41) is 7.46. The molecule has 0 unspecified atom stereocenters. The van der Waals surface area contributed by atoms with E-state index in [0.29, 0.717) is 0 Å². The lowest BCUT2D eigenvalue weighted by molar-refractivity contribution is 1.17. The summed E-state index contributed by atoms with van der Waals surface area (Å²) in [6.45, 7) is 0. The molecule has 0 fully saturated rings. The van der Waals surface area contributed by atoms with Crippen LogP contribution < -0.4 is 4.90 Å². The second-order valence-electron chi connectivity index (χ2n) is 14.2. The van der Waals surface area contributed by atoms with Crippen LogP contribution in [-0.2, 0) is 0 Å². The fourth-order valence-electron chi connectivity index (χ4n) is 8.59. The lowest BCUT2D eigenvalue weighted by Gasteiger charge is -2.27. The van der Waals surface area contributed by atoms with Gasteiger partial charge in [0.15, 0.2) is 0 Å². The fourth-order valence-corrected chi connectivity index (χ4v) is 8.59. The Hall–Kier alpha value is -7.36. The van der Waals surface area contributed by atoms with E-state index in [0.717, 1.165) is 22.7 Å². The van der Waals surface area contributed by atoms with Crippen LogP contribution in [0.1, 0.15) is 0 Å². The molecule has 0 amide bonds. The van der Waals surface area contributed by atoms with Gasteiger partial charge >= 0.3 is 0 Å². The van der Waals surface area contributed by atoms with Crippen molar-refractivity contribution in [1.82, 2.24) is 9.13 Å². The zero-order valence-corrected chi connectivity index (χ0v) is 30.0. The average molecular weight is 702 g/mol. The predicted molar refractivity (Wildman–Crippen MR) is 233 cm³/mol. The van der Waals surface area contributed by atoms with Gasteiger partial charge in [0.1, 0.15) is 0 Å². The number of fused-ring (bicyclic) bond motifs is 7. The van der Waals surface area contributed by atoms with E-state index >= 15 is 0 Å². The summed E-state index contributed by atoms with van der Waals surface area (Å²) >= 11 is 0. The van der Waals surface area contributed by atoms with Crippen molar-refractivity contribution in [2.75, 3.05) is 4.90 Å². The van der Waals surface area contributed by atoms with E-state index < -0.39 is 0 Å². The highest BCUT2D eigenvalue weighted by atomic mass is 15.1. The molecular formula is C52H35N3. The van der Waals surface area contributed by atoms with Crippen molar-refractivity contribution in [1.29, 1.82) is 0 Å². The molecule has 3 nitrogen and oxygen atoms in total. The zero-order valence-electron chi connectivity index (χ0n) is 30.0. The zero-order chi connectivity index (χ0) is 36.3. The Morgan fingerprint density at radius 2 is 0.745 bits per heavy atom. The van der Waals surface area contributed by atoms with Gasteiger partial charge in [-0.2, -0.15) is 0 Å². The number of hydrogen-bond acceptors (Lipinski definition) is 1. The number of hydrogen-bond donors (Lipinski definition) is 0. The van der Waals surface area contributed by atoms with Crippen LogP contribution in [0.2, 0.25) is 0 Å². The molecule has 0 aliphatic rings. The van der Waals surface area contributed by atoms with E-state index in [4.69, 9.17) is 0 Å². The Balaban J connectivity index is 1.02. The third-order valence-corrected chi connectivity index (χ3v) is 11.1. The van der Waals surface area contributed by atoms with Crippen molar-refractivity contribution < 1.29 is 0 Å². The molecule has 0 aliphatic heterocycles. The van der Waals surface area contributed by atoms with Crippen LogP contribution in [0.5, 0.6) is 0 Å². The van der Waals surface area contributed by atoms with Crippen LogP contribution in [0.25, 0.3) is 76.9 Å². The maximum atomic E-state index is 2.39. The van der Waals surface area contributed by atoms with Crippen LogP contribution >= 0.6 is 0 Å². The standard InChI is InChI=1S/C52H35N3/c1-2-15-39(16-3-1)54-51-23-11-8-20-46(51)47-35-38(27-34-52(47)54)36-25-28-40(29-26-36)53(48-24-12-14-37-13-4-5-17-43(37)48)41-30-32-42(33-31-41)55-49-21-9-6-18-44(49)45-19-7-10-22-50(45)55/h1-35H. The smallest absolute Gasteiger partial charge is 0.0541 e. The molecule has 2 aromatic heterocycles. The van der Waals surface area contributed by atoms with E-state index in [1.165, 1.54) is 71.2 Å². The Labute approximate surface area is 319 Å². The minimum Gasteiger partial charge on any atom is -0.310 e. The molecule has 9 aromatic carbocycles. The highest BCUT2D eigenvalue weighted by molar-refractivity contribution is 6.11. The van der Waals surface area contributed by atoms with Crippen LogP contribution in [0.3, 0.4) is 0 Å². The lowest BCUT2D eigenvalue weighted by Crippen LogP contribution is -2.10. The maximum absolute atomic E-state index is 2.39. The van der Waals surface area contributed by atoms with E-state index in [1.807, 2.05) is 0 Å². The van der Waals surface area contributed by atoms with Crippen molar-refractivity contribution in [3.8, 4) is 22.5 Å². The fraction of sp³-hybridized carbons (Fsp3) is 0. The summed E-state index contributed by atoms with van der Waals surface area (Å²) in [4.78, 5) is 2.39. The van der Waals surface area contributed by atoms with Crippen molar-refractivity contribution in [2.45, 2.75) is 0 Å². The molecule has 0 aliphatic carbocycles. The first-order valence-electron chi connectivity index (χ1n) is 18.9. The quantitative estimate of drug-likeness (QED) is 0.168. The first-order valence-corrected chi connectivity index (χ1v) is 18.9. The second kappa shape index (κ2) is 12.6. The van der Waals surface area contributed by atoms with Gasteiger partial charge in [-0.3, -0.25) is 0 Å². The summed E-state index contributed by atoms with van der Waals surface area (Å²) in [7, 11) is 0. The third kappa shape index (κ3) is 5.05. The molecule has 11 rings (SSSR count). The monoisotopic (exact) mass is 701 g/mol. The minimum atomic E-state index is 1.10. The van der Waals surface area contributed by atoms with Crippen molar-refractivity contribution >= 4 is 71.4 Å². The Morgan fingerprint density at radius 3 is 1.38 bits per heavy atom. The lowest BCUT2D eigenvalue weighted by atomic mass is 10.0. The Kier molecular flexibility index (Phi) is 7.17. The van der Waals surface area contributed by atoms with Crippen molar-refractivity contribution in [2.24, 2.45) is 0 Å². The van der Waals surface area contributed by atoms with Crippen LogP contribution in [0.4, 0.5) is 17.1 Å². The molecule has 0 atom stereocenters. The van der Waals surface area contributed by atoms with Gasteiger partial charge in [-0.1, -0.05) is 127 Å². The minimum absolute atomic E-state index is 1.10. The summed E-state index contributed by atoms with van der Waals surface area (Å²) in [6.07, 6.45) is 0. The first kappa shape index (κ1) is 31.2.